The molecule has 3 heteroatoms. The van der Waals surface area contributed by atoms with Gasteiger partial charge >= 0.3 is 5.97 Å². The molecular formula is C18H33NO2. The van der Waals surface area contributed by atoms with Crippen molar-refractivity contribution in [2.24, 2.45) is 16.2 Å². The van der Waals surface area contributed by atoms with Gasteiger partial charge in [-0.3, -0.25) is 4.79 Å². The molecular weight excluding hydrogens is 262 g/mol. The van der Waals surface area contributed by atoms with Gasteiger partial charge in [0.15, 0.2) is 0 Å². The van der Waals surface area contributed by atoms with E-state index in [4.69, 9.17) is 0 Å². The maximum atomic E-state index is 11.6. The lowest BCUT2D eigenvalue weighted by molar-refractivity contribution is -0.153. The zero-order valence-electron chi connectivity index (χ0n) is 14.5. The quantitative estimate of drug-likeness (QED) is 0.849. The summed E-state index contributed by atoms with van der Waals surface area (Å²) in [6.07, 6.45) is 6.19. The molecule has 1 saturated carbocycles. The number of nitrogens with zero attached hydrogens (tertiary/aromatic N) is 1. The van der Waals surface area contributed by atoms with Gasteiger partial charge in [0.25, 0.3) is 0 Å². The van der Waals surface area contributed by atoms with Gasteiger partial charge in [0, 0.05) is 6.04 Å². The van der Waals surface area contributed by atoms with E-state index in [0.29, 0.717) is 16.9 Å². The number of hydrogen-bond donors (Lipinski definition) is 1. The third kappa shape index (κ3) is 3.61. The Morgan fingerprint density at radius 2 is 1.57 bits per heavy atom. The lowest BCUT2D eigenvalue weighted by Gasteiger charge is -2.51. The van der Waals surface area contributed by atoms with Crippen molar-refractivity contribution >= 4 is 5.97 Å². The van der Waals surface area contributed by atoms with Crippen LogP contribution in [0.3, 0.4) is 0 Å². The third-order valence-electron chi connectivity index (χ3n) is 5.94. The molecule has 122 valence electrons. The molecule has 1 aliphatic carbocycles. The zero-order valence-corrected chi connectivity index (χ0v) is 14.5. The number of carbonyl (C=O) groups is 1. The molecule has 2 rings (SSSR count). The Labute approximate surface area is 130 Å². The van der Waals surface area contributed by atoms with Gasteiger partial charge in [-0.1, -0.05) is 34.6 Å². The van der Waals surface area contributed by atoms with Gasteiger partial charge < -0.3 is 10.0 Å². The van der Waals surface area contributed by atoms with Crippen LogP contribution in [0.15, 0.2) is 0 Å². The maximum absolute atomic E-state index is 11.6. The van der Waals surface area contributed by atoms with Gasteiger partial charge in [0.05, 0.1) is 5.41 Å². The van der Waals surface area contributed by atoms with Gasteiger partial charge in [-0.15, -0.1) is 0 Å². The van der Waals surface area contributed by atoms with Crippen LogP contribution in [0.1, 0.15) is 73.1 Å². The molecule has 0 unspecified atom stereocenters. The van der Waals surface area contributed by atoms with Crippen molar-refractivity contribution in [1.29, 1.82) is 0 Å². The molecule has 3 nitrogen and oxygen atoms in total. The Bertz CT molecular complexity index is 376. The summed E-state index contributed by atoms with van der Waals surface area (Å²) in [5.41, 5.74) is 0.340. The Balaban J connectivity index is 2.03. The van der Waals surface area contributed by atoms with Crippen molar-refractivity contribution < 1.29 is 9.90 Å². The minimum Gasteiger partial charge on any atom is -0.481 e. The van der Waals surface area contributed by atoms with E-state index in [-0.39, 0.29) is 0 Å². The van der Waals surface area contributed by atoms with Crippen LogP contribution in [0, 0.1) is 16.2 Å². The van der Waals surface area contributed by atoms with Crippen molar-refractivity contribution in [3.8, 4) is 0 Å². The summed E-state index contributed by atoms with van der Waals surface area (Å²) in [5.74, 6) is -0.589. The number of carboxylic acid groups (broad SMARTS) is 1. The van der Waals surface area contributed by atoms with Crippen LogP contribution in [0.5, 0.6) is 0 Å². The first-order chi connectivity index (χ1) is 9.59. The second kappa shape index (κ2) is 5.57. The van der Waals surface area contributed by atoms with Crippen LogP contribution in [-0.4, -0.2) is 35.1 Å². The van der Waals surface area contributed by atoms with Crippen molar-refractivity contribution in [3.63, 3.8) is 0 Å². The highest BCUT2D eigenvalue weighted by Gasteiger charge is 2.45. The second-order valence-electron chi connectivity index (χ2n) is 9.04. The summed E-state index contributed by atoms with van der Waals surface area (Å²) in [6, 6.07) is 0.632. The van der Waals surface area contributed by atoms with Crippen LogP contribution in [-0.2, 0) is 4.79 Å². The highest BCUT2D eigenvalue weighted by Crippen LogP contribution is 2.48. The fourth-order valence-electron chi connectivity index (χ4n) is 5.08. The Hall–Kier alpha value is -0.570. The van der Waals surface area contributed by atoms with Crippen LogP contribution in [0.2, 0.25) is 0 Å². The molecule has 0 radical (unpaired) electrons. The fourth-order valence-corrected chi connectivity index (χ4v) is 5.08. The van der Waals surface area contributed by atoms with E-state index in [0.717, 1.165) is 32.4 Å². The molecule has 2 fully saturated rings. The fraction of sp³-hybridized carbons (Fsp3) is 0.944. The molecule has 0 aromatic heterocycles. The van der Waals surface area contributed by atoms with Gasteiger partial charge in [0.2, 0.25) is 0 Å². The number of likely N-dealkylation sites (tertiary alicyclic amines) is 1. The zero-order chi connectivity index (χ0) is 15.9. The smallest absolute Gasteiger partial charge is 0.309 e. The van der Waals surface area contributed by atoms with Crippen molar-refractivity contribution in [1.82, 2.24) is 4.90 Å². The van der Waals surface area contributed by atoms with Crippen LogP contribution in [0.25, 0.3) is 0 Å². The Kier molecular flexibility index (Phi) is 4.45. The standard InChI is InChI=1S/C18H33NO2/c1-6-18(15(20)21)7-9-19(10-8-18)14-11-16(2,3)13-17(4,5)12-14/h14H,6-13H2,1-5H3,(H,20,21). The minimum atomic E-state index is -0.589. The number of hydrogen-bond acceptors (Lipinski definition) is 2. The monoisotopic (exact) mass is 295 g/mol. The van der Waals surface area contributed by atoms with Crippen LogP contribution in [0.4, 0.5) is 0 Å². The molecule has 0 spiro atoms. The normalized spacial score (nSPS) is 29.2. The number of piperidine rings is 1. The summed E-state index contributed by atoms with van der Waals surface area (Å²) in [5, 5.41) is 9.53. The van der Waals surface area contributed by atoms with Gasteiger partial charge in [-0.05, 0) is 62.4 Å². The highest BCUT2D eigenvalue weighted by atomic mass is 16.4. The molecule has 0 aromatic rings. The molecule has 1 saturated heterocycles. The maximum Gasteiger partial charge on any atom is 0.309 e. The van der Waals surface area contributed by atoms with E-state index in [1.165, 1.54) is 19.3 Å². The minimum absolute atomic E-state index is 0.401. The lowest BCUT2D eigenvalue weighted by Crippen LogP contribution is -2.52. The van der Waals surface area contributed by atoms with E-state index >= 15 is 0 Å². The average molecular weight is 295 g/mol. The van der Waals surface area contributed by atoms with E-state index in [1.54, 1.807) is 0 Å². The number of aliphatic carboxylic acids is 1. The predicted molar refractivity (Wildman–Crippen MR) is 86.4 cm³/mol. The molecule has 0 aromatic carbocycles. The van der Waals surface area contributed by atoms with E-state index in [2.05, 4.69) is 32.6 Å². The van der Waals surface area contributed by atoms with E-state index in [1.807, 2.05) is 6.92 Å². The van der Waals surface area contributed by atoms with Crippen molar-refractivity contribution in [2.45, 2.75) is 79.2 Å². The van der Waals surface area contributed by atoms with Crippen molar-refractivity contribution in [2.75, 3.05) is 13.1 Å². The lowest BCUT2D eigenvalue weighted by atomic mass is 9.63. The highest BCUT2D eigenvalue weighted by molar-refractivity contribution is 5.74. The Morgan fingerprint density at radius 3 is 1.95 bits per heavy atom. The third-order valence-corrected chi connectivity index (χ3v) is 5.94. The molecule has 1 N–H and O–H groups in total. The first kappa shape index (κ1) is 16.8. The molecule has 1 heterocycles. The van der Waals surface area contributed by atoms with Gasteiger partial charge in [0.1, 0.15) is 0 Å². The molecule has 0 amide bonds. The number of carboxylic acids is 1. The van der Waals surface area contributed by atoms with Gasteiger partial charge in [-0.25, -0.2) is 0 Å². The molecule has 1 aliphatic heterocycles. The summed E-state index contributed by atoms with van der Waals surface area (Å²) in [6.45, 7) is 13.5. The first-order valence-electron chi connectivity index (χ1n) is 8.57. The molecule has 0 bridgehead atoms. The van der Waals surface area contributed by atoms with E-state index in [9.17, 15) is 9.90 Å². The van der Waals surface area contributed by atoms with Gasteiger partial charge in [-0.2, -0.15) is 0 Å². The molecule has 21 heavy (non-hydrogen) atoms. The molecule has 2 aliphatic rings. The summed E-state index contributed by atoms with van der Waals surface area (Å²) < 4.78 is 0. The summed E-state index contributed by atoms with van der Waals surface area (Å²) in [4.78, 5) is 14.2. The SMILES string of the molecule is CCC1(C(=O)O)CCN(C2CC(C)(C)CC(C)(C)C2)CC1. The number of rotatable bonds is 3. The largest absolute Gasteiger partial charge is 0.481 e. The first-order valence-corrected chi connectivity index (χ1v) is 8.57. The predicted octanol–water partition coefficient (Wildman–Crippen LogP) is 4.17. The average Bonchev–Trinajstić information content (AvgIpc) is 2.35. The topological polar surface area (TPSA) is 40.5 Å². The second-order valence-corrected chi connectivity index (χ2v) is 9.04. The molecule has 0 atom stereocenters. The van der Waals surface area contributed by atoms with Crippen LogP contribution >= 0.6 is 0 Å². The summed E-state index contributed by atoms with van der Waals surface area (Å²) in [7, 11) is 0. The van der Waals surface area contributed by atoms with E-state index < -0.39 is 11.4 Å². The summed E-state index contributed by atoms with van der Waals surface area (Å²) >= 11 is 0. The van der Waals surface area contributed by atoms with Crippen molar-refractivity contribution in [3.05, 3.63) is 0 Å². The Morgan fingerprint density at radius 1 is 1.10 bits per heavy atom. The van der Waals surface area contributed by atoms with Crippen LogP contribution < -0.4 is 0 Å².